The molecule has 1 aromatic heterocycles. The lowest BCUT2D eigenvalue weighted by Gasteiger charge is -2.16. The van der Waals surface area contributed by atoms with E-state index in [1.54, 1.807) is 0 Å². The molecule has 0 spiro atoms. The predicted octanol–water partition coefficient (Wildman–Crippen LogP) is 1.86. The molecule has 4 nitrogen and oxygen atoms in total. The molecule has 1 rings (SSSR count). The molecule has 0 bridgehead atoms. The average Bonchev–Trinajstić information content (AvgIpc) is 2.56. The van der Waals surface area contributed by atoms with E-state index < -0.39 is 5.97 Å². The first-order valence-electron chi connectivity index (χ1n) is 5.22. The third-order valence-electron chi connectivity index (χ3n) is 2.57. The van der Waals surface area contributed by atoms with Gasteiger partial charge in [0.1, 0.15) is 5.69 Å². The standard InChI is InChI=1S/C11H18N2O2/c1-4-13(5-2)7-9-6-8(3)10(12-9)11(14)15/h6,12H,4-5,7H2,1-3H3,(H,14,15). The summed E-state index contributed by atoms with van der Waals surface area (Å²) in [4.78, 5) is 16.0. The molecule has 1 aromatic rings. The van der Waals surface area contributed by atoms with Gasteiger partial charge in [0.2, 0.25) is 0 Å². The van der Waals surface area contributed by atoms with Crippen molar-refractivity contribution in [3.05, 3.63) is 23.0 Å². The van der Waals surface area contributed by atoms with Crippen LogP contribution in [0.15, 0.2) is 6.07 Å². The number of aromatic amines is 1. The fourth-order valence-electron chi connectivity index (χ4n) is 1.62. The number of carbonyl (C=O) groups is 1. The van der Waals surface area contributed by atoms with Gasteiger partial charge in [0.25, 0.3) is 0 Å². The van der Waals surface area contributed by atoms with E-state index in [-0.39, 0.29) is 0 Å². The lowest BCUT2D eigenvalue weighted by Crippen LogP contribution is -2.22. The highest BCUT2D eigenvalue weighted by molar-refractivity contribution is 5.87. The fraction of sp³-hybridized carbons (Fsp3) is 0.545. The summed E-state index contributed by atoms with van der Waals surface area (Å²) in [6, 6.07) is 1.90. The number of nitrogens with zero attached hydrogens (tertiary/aromatic N) is 1. The second kappa shape index (κ2) is 4.98. The Kier molecular flexibility index (Phi) is 3.91. The number of rotatable bonds is 5. The molecule has 2 N–H and O–H groups in total. The van der Waals surface area contributed by atoms with Crippen molar-refractivity contribution in [2.24, 2.45) is 0 Å². The molecule has 0 amide bonds. The Morgan fingerprint density at radius 3 is 2.47 bits per heavy atom. The van der Waals surface area contributed by atoms with Crippen LogP contribution in [0.5, 0.6) is 0 Å². The number of H-pyrrole nitrogens is 1. The van der Waals surface area contributed by atoms with Gasteiger partial charge in [-0.15, -0.1) is 0 Å². The molecule has 0 saturated heterocycles. The Labute approximate surface area is 89.9 Å². The normalized spacial score (nSPS) is 10.9. The van der Waals surface area contributed by atoms with Crippen LogP contribution in [0, 0.1) is 6.92 Å². The largest absolute Gasteiger partial charge is 0.477 e. The highest BCUT2D eigenvalue weighted by atomic mass is 16.4. The van der Waals surface area contributed by atoms with E-state index in [2.05, 4.69) is 23.7 Å². The lowest BCUT2D eigenvalue weighted by molar-refractivity contribution is 0.0690. The quantitative estimate of drug-likeness (QED) is 0.780. The van der Waals surface area contributed by atoms with E-state index in [9.17, 15) is 4.79 Å². The molecule has 84 valence electrons. The van der Waals surface area contributed by atoms with Gasteiger partial charge in [-0.2, -0.15) is 0 Å². The highest BCUT2D eigenvalue weighted by Crippen LogP contribution is 2.11. The van der Waals surface area contributed by atoms with Gasteiger partial charge in [-0.05, 0) is 31.6 Å². The number of hydrogen-bond acceptors (Lipinski definition) is 2. The van der Waals surface area contributed by atoms with Crippen LogP contribution in [0.25, 0.3) is 0 Å². The first-order chi connectivity index (χ1) is 7.08. The summed E-state index contributed by atoms with van der Waals surface area (Å²) in [5.41, 5.74) is 2.07. The molecule has 0 radical (unpaired) electrons. The minimum atomic E-state index is -0.890. The van der Waals surface area contributed by atoms with E-state index >= 15 is 0 Å². The molecular weight excluding hydrogens is 192 g/mol. The number of carboxylic acids is 1. The van der Waals surface area contributed by atoms with Crippen LogP contribution in [-0.2, 0) is 6.54 Å². The van der Waals surface area contributed by atoms with Gasteiger partial charge in [0, 0.05) is 12.2 Å². The third kappa shape index (κ3) is 2.83. The van der Waals surface area contributed by atoms with E-state index in [4.69, 9.17) is 5.11 Å². The summed E-state index contributed by atoms with van der Waals surface area (Å²) in [6.07, 6.45) is 0. The number of hydrogen-bond donors (Lipinski definition) is 2. The Balaban J connectivity index is 2.79. The van der Waals surface area contributed by atoms with Gasteiger partial charge < -0.3 is 10.1 Å². The fourth-order valence-corrected chi connectivity index (χ4v) is 1.62. The van der Waals surface area contributed by atoms with Gasteiger partial charge in [0.15, 0.2) is 0 Å². The van der Waals surface area contributed by atoms with Gasteiger partial charge in [-0.3, -0.25) is 4.90 Å². The minimum absolute atomic E-state index is 0.303. The molecular formula is C11H18N2O2. The monoisotopic (exact) mass is 210 g/mol. The van der Waals surface area contributed by atoms with E-state index in [0.717, 1.165) is 30.9 Å². The summed E-state index contributed by atoms with van der Waals surface area (Å²) in [7, 11) is 0. The molecule has 0 atom stereocenters. The predicted molar refractivity (Wildman–Crippen MR) is 59.1 cm³/mol. The van der Waals surface area contributed by atoms with Crippen molar-refractivity contribution in [2.45, 2.75) is 27.3 Å². The number of nitrogens with one attached hydrogen (secondary N) is 1. The van der Waals surface area contributed by atoms with Crippen LogP contribution in [0.3, 0.4) is 0 Å². The molecule has 0 saturated carbocycles. The first-order valence-corrected chi connectivity index (χ1v) is 5.22. The van der Waals surface area contributed by atoms with Gasteiger partial charge >= 0.3 is 5.97 Å². The van der Waals surface area contributed by atoms with Crippen molar-refractivity contribution >= 4 is 5.97 Å². The van der Waals surface area contributed by atoms with Crippen LogP contribution in [0.1, 0.15) is 35.6 Å². The third-order valence-corrected chi connectivity index (χ3v) is 2.57. The van der Waals surface area contributed by atoms with Crippen molar-refractivity contribution in [2.75, 3.05) is 13.1 Å². The first kappa shape index (κ1) is 11.8. The van der Waals surface area contributed by atoms with Gasteiger partial charge in [-0.1, -0.05) is 13.8 Å². The van der Waals surface area contributed by atoms with Crippen LogP contribution < -0.4 is 0 Å². The molecule has 0 unspecified atom stereocenters. The Morgan fingerprint density at radius 1 is 1.47 bits per heavy atom. The van der Waals surface area contributed by atoms with Crippen molar-refractivity contribution in [1.82, 2.24) is 9.88 Å². The van der Waals surface area contributed by atoms with Crippen molar-refractivity contribution in [1.29, 1.82) is 0 Å². The zero-order valence-electron chi connectivity index (χ0n) is 9.50. The molecule has 0 aliphatic carbocycles. The topological polar surface area (TPSA) is 56.3 Å². The highest BCUT2D eigenvalue weighted by Gasteiger charge is 2.12. The summed E-state index contributed by atoms with van der Waals surface area (Å²) >= 11 is 0. The van der Waals surface area contributed by atoms with E-state index in [1.807, 2.05) is 13.0 Å². The van der Waals surface area contributed by atoms with E-state index in [1.165, 1.54) is 0 Å². The van der Waals surface area contributed by atoms with Gasteiger partial charge in [0.05, 0.1) is 0 Å². The molecule has 0 fully saturated rings. The number of aromatic nitrogens is 1. The smallest absolute Gasteiger partial charge is 0.352 e. The SMILES string of the molecule is CCN(CC)Cc1cc(C)c(C(=O)O)[nH]1. The number of carboxylic acid groups (broad SMARTS) is 1. The zero-order valence-corrected chi connectivity index (χ0v) is 9.50. The van der Waals surface area contributed by atoms with Crippen molar-refractivity contribution < 1.29 is 9.90 Å². The summed E-state index contributed by atoms with van der Waals surface area (Å²) in [5.74, 6) is -0.890. The van der Waals surface area contributed by atoms with Crippen LogP contribution in [0.4, 0.5) is 0 Å². The van der Waals surface area contributed by atoms with E-state index in [0.29, 0.717) is 5.69 Å². The second-order valence-electron chi connectivity index (χ2n) is 3.62. The Morgan fingerprint density at radius 2 is 2.07 bits per heavy atom. The zero-order chi connectivity index (χ0) is 11.4. The van der Waals surface area contributed by atoms with Crippen LogP contribution in [-0.4, -0.2) is 34.0 Å². The minimum Gasteiger partial charge on any atom is -0.477 e. The summed E-state index contributed by atoms with van der Waals surface area (Å²) in [5, 5.41) is 8.88. The lowest BCUT2D eigenvalue weighted by atomic mass is 10.2. The van der Waals surface area contributed by atoms with Crippen molar-refractivity contribution in [3.8, 4) is 0 Å². The van der Waals surface area contributed by atoms with Crippen LogP contribution >= 0.6 is 0 Å². The van der Waals surface area contributed by atoms with Crippen molar-refractivity contribution in [3.63, 3.8) is 0 Å². The number of aryl methyl sites for hydroxylation is 1. The molecule has 15 heavy (non-hydrogen) atoms. The maximum Gasteiger partial charge on any atom is 0.352 e. The molecule has 0 aliphatic heterocycles. The Bertz CT molecular complexity index is 340. The van der Waals surface area contributed by atoms with Crippen LogP contribution in [0.2, 0.25) is 0 Å². The maximum absolute atomic E-state index is 10.8. The second-order valence-corrected chi connectivity index (χ2v) is 3.62. The molecule has 0 aliphatic rings. The Hall–Kier alpha value is -1.29. The molecule has 0 aromatic carbocycles. The molecule has 4 heteroatoms. The summed E-state index contributed by atoms with van der Waals surface area (Å²) < 4.78 is 0. The summed E-state index contributed by atoms with van der Waals surface area (Å²) in [6.45, 7) is 8.72. The number of aromatic carboxylic acids is 1. The maximum atomic E-state index is 10.8. The molecule has 1 heterocycles. The van der Waals surface area contributed by atoms with Gasteiger partial charge in [-0.25, -0.2) is 4.79 Å². The average molecular weight is 210 g/mol.